The number of fused-ring (bicyclic) bond motifs is 2. The first-order valence-electron chi connectivity index (χ1n) is 16.2. The van der Waals surface area contributed by atoms with Crippen molar-refractivity contribution in [1.82, 2.24) is 9.97 Å². The van der Waals surface area contributed by atoms with Crippen molar-refractivity contribution in [3.05, 3.63) is 171 Å². The molecule has 2 aromatic heterocycles. The number of pyridine rings is 2. The van der Waals surface area contributed by atoms with E-state index in [1.165, 1.54) is 43.6 Å². The average molecular weight is 712 g/mol. The number of nitrogens with one attached hydrogen (secondary N) is 1. The molecule has 0 bridgehead atoms. The van der Waals surface area contributed by atoms with Crippen LogP contribution in [0.5, 0.6) is 17.2 Å². The number of hydrogen-bond donors (Lipinski definition) is 1. The molecule has 0 saturated heterocycles. The topological polar surface area (TPSA) is 120 Å². The molecule has 0 spiro atoms. The molecule has 0 fully saturated rings. The lowest BCUT2D eigenvalue weighted by atomic mass is 10.1. The summed E-state index contributed by atoms with van der Waals surface area (Å²) in [5.74, 6) is -1.06. The predicted octanol–water partition coefficient (Wildman–Crippen LogP) is 8.32. The van der Waals surface area contributed by atoms with Gasteiger partial charge in [0, 0.05) is 46.4 Å². The van der Waals surface area contributed by atoms with E-state index in [-0.39, 0.29) is 63.1 Å². The molecule has 1 amide bonds. The van der Waals surface area contributed by atoms with Crippen molar-refractivity contribution < 1.29 is 28.6 Å². The first kappa shape index (κ1) is 34.0. The second kappa shape index (κ2) is 15.2. The zero-order chi connectivity index (χ0) is 36.0. The van der Waals surface area contributed by atoms with Gasteiger partial charge in [0.2, 0.25) is 0 Å². The highest BCUT2D eigenvalue weighted by molar-refractivity contribution is 6.31. The third-order valence-electron chi connectivity index (χ3n) is 8.20. The summed E-state index contributed by atoms with van der Waals surface area (Å²) < 4.78 is 18.2. The lowest BCUT2D eigenvalue weighted by Crippen LogP contribution is -2.31. The number of benzene rings is 5. The molecule has 5 aromatic carbocycles. The molecule has 258 valence electrons. The summed E-state index contributed by atoms with van der Waals surface area (Å²) in [6.07, 6.45) is 3.17. The van der Waals surface area contributed by atoms with Crippen molar-refractivity contribution >= 4 is 51.0 Å². The fraction of sp³-hybridized carbons (Fsp3) is 0.0732. The number of rotatable bonds is 11. The van der Waals surface area contributed by atoms with Crippen molar-refractivity contribution in [3.8, 4) is 17.2 Å². The van der Waals surface area contributed by atoms with Crippen LogP contribution in [-0.4, -0.2) is 29.0 Å². The summed E-state index contributed by atoms with van der Waals surface area (Å²) in [5, 5.41) is 2.18. The zero-order valence-electron chi connectivity index (χ0n) is 27.7. The molecule has 11 heteroatoms. The van der Waals surface area contributed by atoms with Gasteiger partial charge < -0.3 is 19.2 Å². The van der Waals surface area contributed by atoms with E-state index in [9.17, 15) is 14.4 Å². The van der Waals surface area contributed by atoms with Gasteiger partial charge in [0.05, 0.1) is 23.7 Å². The lowest BCUT2D eigenvalue weighted by molar-refractivity contribution is 0.0705. The van der Waals surface area contributed by atoms with Crippen molar-refractivity contribution in [2.24, 2.45) is 0 Å². The molecule has 10 nitrogen and oxygen atoms in total. The van der Waals surface area contributed by atoms with E-state index >= 15 is 0 Å². The van der Waals surface area contributed by atoms with Gasteiger partial charge in [0.1, 0.15) is 36.0 Å². The Labute approximate surface area is 302 Å². The van der Waals surface area contributed by atoms with E-state index in [4.69, 9.17) is 30.6 Å². The number of nitrogens with zero attached hydrogens (tertiary/aromatic N) is 2. The number of hydroxylamine groups is 1. The number of anilines is 1. The third kappa shape index (κ3) is 7.34. The van der Waals surface area contributed by atoms with Crippen LogP contribution in [0.3, 0.4) is 0 Å². The van der Waals surface area contributed by atoms with Crippen molar-refractivity contribution in [1.29, 1.82) is 0 Å². The smallest absolute Gasteiger partial charge is 0.347 e. The number of aromatic nitrogens is 2. The molecule has 0 aliphatic rings. The van der Waals surface area contributed by atoms with Crippen LogP contribution in [0.1, 0.15) is 31.8 Å². The Morgan fingerprint density at radius 2 is 1.44 bits per heavy atom. The monoisotopic (exact) mass is 711 g/mol. The van der Waals surface area contributed by atoms with Crippen LogP contribution in [0.25, 0.3) is 21.8 Å². The first-order valence-corrected chi connectivity index (χ1v) is 16.5. The molecule has 2 heterocycles. The minimum absolute atomic E-state index is 0.00467. The predicted molar refractivity (Wildman–Crippen MR) is 198 cm³/mol. The molecular weight excluding hydrogens is 682 g/mol. The number of hydrogen-bond acceptors (Lipinski definition) is 8. The van der Waals surface area contributed by atoms with Gasteiger partial charge in [-0.2, -0.15) is 5.06 Å². The maximum Gasteiger partial charge on any atom is 0.347 e. The average Bonchev–Trinajstić information content (AvgIpc) is 3.17. The van der Waals surface area contributed by atoms with Gasteiger partial charge in [-0.3, -0.25) is 19.4 Å². The van der Waals surface area contributed by atoms with Crippen LogP contribution in [0.4, 0.5) is 5.69 Å². The van der Waals surface area contributed by atoms with Gasteiger partial charge in [-0.1, -0.05) is 78.3 Å². The second-order valence-electron chi connectivity index (χ2n) is 11.6. The summed E-state index contributed by atoms with van der Waals surface area (Å²) in [7, 11) is 1.31. The quantitative estimate of drug-likeness (QED) is 0.0808. The van der Waals surface area contributed by atoms with Gasteiger partial charge in [-0.05, 0) is 47.5 Å². The lowest BCUT2D eigenvalue weighted by Gasteiger charge is -2.24. The Kier molecular flexibility index (Phi) is 9.92. The molecule has 0 aliphatic heterocycles. The number of aromatic amines is 1. The van der Waals surface area contributed by atoms with Gasteiger partial charge in [0.25, 0.3) is 5.91 Å². The molecule has 0 unspecified atom stereocenters. The molecule has 0 atom stereocenters. The highest BCUT2D eigenvalue weighted by atomic mass is 35.5. The normalized spacial score (nSPS) is 11.0. The Morgan fingerprint density at radius 3 is 2.13 bits per heavy atom. The van der Waals surface area contributed by atoms with Crippen LogP contribution in [0, 0.1) is 0 Å². The Bertz CT molecular complexity index is 2470. The van der Waals surface area contributed by atoms with Crippen LogP contribution in [-0.2, 0) is 18.1 Å². The van der Waals surface area contributed by atoms with E-state index in [0.717, 1.165) is 16.2 Å². The molecule has 0 aliphatic carbocycles. The Hall–Kier alpha value is -6.49. The van der Waals surface area contributed by atoms with Gasteiger partial charge in [-0.15, -0.1) is 0 Å². The maximum atomic E-state index is 14.4. The Morgan fingerprint density at radius 1 is 0.750 bits per heavy atom. The highest BCUT2D eigenvalue weighted by Crippen LogP contribution is 2.36. The van der Waals surface area contributed by atoms with E-state index < -0.39 is 11.9 Å². The van der Waals surface area contributed by atoms with Crippen LogP contribution >= 0.6 is 11.6 Å². The first-order chi connectivity index (χ1) is 25.4. The largest absolute Gasteiger partial charge is 0.488 e. The minimum atomic E-state index is -0.844. The summed E-state index contributed by atoms with van der Waals surface area (Å²) in [4.78, 5) is 54.2. The third-order valence-corrected chi connectivity index (χ3v) is 8.43. The number of carbonyl (C=O) groups is 2. The van der Waals surface area contributed by atoms with E-state index in [1.807, 2.05) is 66.7 Å². The summed E-state index contributed by atoms with van der Waals surface area (Å²) >= 11 is 6.43. The summed E-state index contributed by atoms with van der Waals surface area (Å²) in [6, 6.07) is 34.7. The molecule has 7 aromatic rings. The van der Waals surface area contributed by atoms with Crippen molar-refractivity contribution in [2.75, 3.05) is 12.2 Å². The molecular formula is C41H30ClN3O7. The summed E-state index contributed by atoms with van der Waals surface area (Å²) in [5.41, 5.74) is 2.78. The minimum Gasteiger partial charge on any atom is -0.488 e. The van der Waals surface area contributed by atoms with Crippen LogP contribution in [0.15, 0.2) is 139 Å². The van der Waals surface area contributed by atoms with Crippen molar-refractivity contribution in [2.45, 2.75) is 13.2 Å². The number of ether oxygens (including phenoxy) is 3. The number of esters is 1. The Balaban J connectivity index is 1.24. The standard InChI is InChI=1S/C41H30ClN3O7/c1-49-45(40(47)31-19-28-13-8-17-43-33(28)22-38(31)50-24-26-9-4-2-5-10-26)35-20-29(42)14-15-37(35)52-41(48)32-21-30-34(44-18-16-36(30)46)23-39(32)51-25-27-11-6-3-7-12-27/h2-23H,24-25H2,1H3,(H,44,46). The highest BCUT2D eigenvalue weighted by Gasteiger charge is 2.28. The SMILES string of the molecule is CON(C(=O)c1cc2cccnc2cc1OCc1ccccc1)c1cc(Cl)ccc1OC(=O)c1cc2c(=O)cc[nH]c2cc1OCc1ccccc1. The molecule has 0 saturated carbocycles. The van der Waals surface area contributed by atoms with Gasteiger partial charge in [0.15, 0.2) is 11.2 Å². The summed E-state index contributed by atoms with van der Waals surface area (Å²) in [6.45, 7) is 0.341. The molecule has 52 heavy (non-hydrogen) atoms. The van der Waals surface area contributed by atoms with Gasteiger partial charge in [-0.25, -0.2) is 4.79 Å². The maximum absolute atomic E-state index is 14.4. The van der Waals surface area contributed by atoms with Crippen LogP contribution < -0.4 is 24.7 Å². The van der Waals surface area contributed by atoms with E-state index in [2.05, 4.69) is 9.97 Å². The van der Waals surface area contributed by atoms with Gasteiger partial charge >= 0.3 is 5.97 Å². The molecule has 7 rings (SSSR count). The number of H-pyrrole nitrogens is 1. The molecule has 0 radical (unpaired) electrons. The fourth-order valence-electron chi connectivity index (χ4n) is 5.63. The number of carbonyl (C=O) groups excluding carboxylic acids is 2. The number of amides is 1. The second-order valence-corrected chi connectivity index (χ2v) is 12.0. The molecule has 1 N–H and O–H groups in total. The van der Waals surface area contributed by atoms with Crippen LogP contribution in [0.2, 0.25) is 5.02 Å². The van der Waals surface area contributed by atoms with Crippen molar-refractivity contribution in [3.63, 3.8) is 0 Å². The number of halogens is 1. The van der Waals surface area contributed by atoms with E-state index in [1.54, 1.807) is 30.5 Å². The fourth-order valence-corrected chi connectivity index (χ4v) is 5.79. The van der Waals surface area contributed by atoms with E-state index in [0.29, 0.717) is 16.4 Å². The zero-order valence-corrected chi connectivity index (χ0v) is 28.5.